The van der Waals surface area contributed by atoms with Crippen molar-refractivity contribution in [2.45, 2.75) is 51.2 Å². The summed E-state index contributed by atoms with van der Waals surface area (Å²) < 4.78 is 16.4. The van der Waals surface area contributed by atoms with Gasteiger partial charge in [-0.2, -0.15) is 0 Å². The molecule has 178 valence electrons. The van der Waals surface area contributed by atoms with Crippen LogP contribution in [-0.2, 0) is 4.79 Å². The molecule has 1 aliphatic rings. The number of benzene rings is 1. The van der Waals surface area contributed by atoms with Gasteiger partial charge in [-0.05, 0) is 54.0 Å². The number of nitrogens with one attached hydrogen (secondary N) is 1. The monoisotopic (exact) mass is 464 g/mol. The third-order valence-corrected chi connectivity index (χ3v) is 6.85. The van der Waals surface area contributed by atoms with Gasteiger partial charge in [0.05, 0.1) is 12.1 Å². The van der Waals surface area contributed by atoms with Crippen molar-refractivity contribution in [1.29, 1.82) is 0 Å². The molecule has 0 spiro atoms. The highest BCUT2D eigenvalue weighted by Crippen LogP contribution is 2.38. The molecule has 1 aromatic carbocycles. The number of imidazole rings is 1. The first kappa shape index (κ1) is 22.6. The molecule has 0 bridgehead atoms. The molecular weight excluding hydrogens is 435 g/mol. The van der Waals surface area contributed by atoms with Gasteiger partial charge in [0.15, 0.2) is 17.8 Å². The fourth-order valence-electron chi connectivity index (χ4n) is 5.19. The predicted molar refractivity (Wildman–Crippen MR) is 128 cm³/mol. The van der Waals surface area contributed by atoms with Crippen LogP contribution < -0.4 is 0 Å². The van der Waals surface area contributed by atoms with Gasteiger partial charge in [-0.25, -0.2) is 9.37 Å². The van der Waals surface area contributed by atoms with Crippen molar-refractivity contribution in [2.24, 2.45) is 0 Å². The summed E-state index contributed by atoms with van der Waals surface area (Å²) in [6.45, 7) is 5.50. The Hall–Kier alpha value is -3.23. The fourth-order valence-corrected chi connectivity index (χ4v) is 5.19. The number of pyridine rings is 1. The summed E-state index contributed by atoms with van der Waals surface area (Å²) in [6.07, 6.45) is 5.04. The Bertz CT molecular complexity index is 1350. The molecule has 1 fully saturated rings. The lowest BCUT2D eigenvalue weighted by molar-refractivity contribution is -0.140. The van der Waals surface area contributed by atoms with Crippen molar-refractivity contribution in [1.82, 2.24) is 19.3 Å². The number of nitrogens with zero attached hydrogens (tertiary/aromatic N) is 3. The molecule has 34 heavy (non-hydrogen) atoms. The van der Waals surface area contributed by atoms with Gasteiger partial charge in [-0.1, -0.05) is 19.9 Å². The lowest BCUT2D eigenvalue weighted by atomic mass is 9.87. The molecule has 7 nitrogen and oxygen atoms in total. The fraction of sp³-hybridized carbons (Fsp3) is 0.385. The number of H-pyrrole nitrogens is 1. The molecule has 1 aliphatic heterocycles. The number of carbonyl (C=O) groups is 1. The Labute approximate surface area is 196 Å². The maximum absolute atomic E-state index is 14.7. The van der Waals surface area contributed by atoms with E-state index < -0.39 is 6.29 Å². The van der Waals surface area contributed by atoms with Crippen molar-refractivity contribution in [3.63, 3.8) is 0 Å². The lowest BCUT2D eigenvalue weighted by Crippen LogP contribution is -2.39. The number of rotatable bonds is 5. The van der Waals surface area contributed by atoms with Gasteiger partial charge in [0.1, 0.15) is 0 Å². The Kier molecular flexibility index (Phi) is 5.87. The second kappa shape index (κ2) is 8.85. The van der Waals surface area contributed by atoms with Crippen LogP contribution in [0.3, 0.4) is 0 Å². The van der Waals surface area contributed by atoms with E-state index in [-0.39, 0.29) is 24.1 Å². The van der Waals surface area contributed by atoms with Crippen LogP contribution in [0.15, 0.2) is 42.9 Å². The Morgan fingerprint density at radius 3 is 2.71 bits per heavy atom. The van der Waals surface area contributed by atoms with E-state index in [2.05, 4.69) is 42.0 Å². The molecule has 1 saturated heterocycles. The standard InChI is InChI=1S/C26H29FN4O3/c1-15(2)24-19-11-17(16-5-8-30(9-6-16)22(32)13-23(33)34)3-4-21(19)29-25(24)18-12-20(27)26-28-7-10-31(26)14-18/h3-4,7,10-12,14-16,23,29,33-34H,5-6,8-9,13H2,1-2H3. The van der Waals surface area contributed by atoms with E-state index in [4.69, 9.17) is 10.2 Å². The van der Waals surface area contributed by atoms with Gasteiger partial charge >= 0.3 is 0 Å². The number of likely N-dealkylation sites (tertiary alicyclic amines) is 1. The molecule has 0 atom stereocenters. The van der Waals surface area contributed by atoms with E-state index >= 15 is 0 Å². The van der Waals surface area contributed by atoms with Crippen molar-refractivity contribution >= 4 is 22.5 Å². The molecule has 1 amide bonds. The largest absolute Gasteiger partial charge is 0.368 e. The number of piperidine rings is 1. The number of aromatic amines is 1. The molecule has 3 aromatic heterocycles. The van der Waals surface area contributed by atoms with Crippen molar-refractivity contribution < 1.29 is 19.4 Å². The normalized spacial score (nSPS) is 15.3. The minimum Gasteiger partial charge on any atom is -0.368 e. The molecule has 0 saturated carbocycles. The van der Waals surface area contributed by atoms with Gasteiger partial charge in [0.25, 0.3) is 0 Å². The number of carbonyl (C=O) groups excluding carboxylic acids is 1. The first-order valence-corrected chi connectivity index (χ1v) is 11.7. The number of amides is 1. The number of aromatic nitrogens is 3. The maximum atomic E-state index is 14.7. The van der Waals surface area contributed by atoms with Gasteiger partial charge in [-0.15, -0.1) is 0 Å². The quantitative estimate of drug-likeness (QED) is 0.387. The highest BCUT2D eigenvalue weighted by molar-refractivity contribution is 5.92. The molecule has 5 rings (SSSR count). The lowest BCUT2D eigenvalue weighted by Gasteiger charge is -2.32. The number of fused-ring (bicyclic) bond motifs is 2. The predicted octanol–water partition coefficient (Wildman–Crippen LogP) is 4.15. The topological polar surface area (TPSA) is 93.9 Å². The number of hydrogen-bond acceptors (Lipinski definition) is 4. The SMILES string of the molecule is CC(C)c1c(-c2cc(F)c3nccn3c2)[nH]c2ccc(C3CCN(C(=O)CC(O)O)CC3)cc12. The Morgan fingerprint density at radius 2 is 2.00 bits per heavy atom. The third-order valence-electron chi connectivity index (χ3n) is 6.85. The van der Waals surface area contributed by atoms with Crippen molar-refractivity contribution in [2.75, 3.05) is 13.1 Å². The zero-order valence-corrected chi connectivity index (χ0v) is 19.3. The van der Waals surface area contributed by atoms with Crippen LogP contribution in [0.25, 0.3) is 27.8 Å². The van der Waals surface area contributed by atoms with E-state index in [1.807, 2.05) is 6.20 Å². The maximum Gasteiger partial charge on any atom is 0.227 e. The van der Waals surface area contributed by atoms with E-state index in [1.54, 1.807) is 21.7 Å². The van der Waals surface area contributed by atoms with E-state index in [0.717, 1.165) is 40.6 Å². The molecule has 4 aromatic rings. The Morgan fingerprint density at radius 1 is 1.24 bits per heavy atom. The van der Waals surface area contributed by atoms with Crippen molar-refractivity contribution in [3.05, 3.63) is 59.8 Å². The van der Waals surface area contributed by atoms with E-state index in [9.17, 15) is 9.18 Å². The Balaban J connectivity index is 1.47. The van der Waals surface area contributed by atoms with Crippen molar-refractivity contribution in [3.8, 4) is 11.3 Å². The number of aliphatic hydroxyl groups is 2. The first-order chi connectivity index (χ1) is 16.3. The summed E-state index contributed by atoms with van der Waals surface area (Å²) >= 11 is 0. The van der Waals surface area contributed by atoms with Gasteiger partial charge < -0.3 is 24.5 Å². The van der Waals surface area contributed by atoms with Gasteiger partial charge in [0.2, 0.25) is 5.91 Å². The summed E-state index contributed by atoms with van der Waals surface area (Å²) in [6, 6.07) is 7.99. The summed E-state index contributed by atoms with van der Waals surface area (Å²) in [5.41, 5.74) is 5.40. The van der Waals surface area contributed by atoms with Crippen LogP contribution in [0.1, 0.15) is 56.1 Å². The van der Waals surface area contributed by atoms with Crippen LogP contribution >= 0.6 is 0 Å². The van der Waals surface area contributed by atoms with Crippen LogP contribution in [0.2, 0.25) is 0 Å². The minimum absolute atomic E-state index is 0.219. The van der Waals surface area contributed by atoms with Gasteiger partial charge in [0, 0.05) is 48.1 Å². The van der Waals surface area contributed by atoms with Gasteiger partial charge in [-0.3, -0.25) is 4.79 Å². The van der Waals surface area contributed by atoms with Crippen LogP contribution in [0.4, 0.5) is 4.39 Å². The zero-order chi connectivity index (χ0) is 24.0. The minimum atomic E-state index is -1.60. The van der Waals surface area contributed by atoms with Crippen LogP contribution in [0.5, 0.6) is 0 Å². The average Bonchev–Trinajstić information content (AvgIpc) is 3.43. The summed E-state index contributed by atoms with van der Waals surface area (Å²) in [5.74, 6) is -0.0227. The van der Waals surface area contributed by atoms with E-state index in [1.165, 1.54) is 11.6 Å². The van der Waals surface area contributed by atoms with Crippen LogP contribution in [-0.4, -0.2) is 54.8 Å². The number of halogens is 1. The first-order valence-electron chi connectivity index (χ1n) is 11.7. The molecule has 0 unspecified atom stereocenters. The third kappa shape index (κ3) is 4.08. The molecule has 0 radical (unpaired) electrons. The van der Waals surface area contributed by atoms with E-state index in [0.29, 0.717) is 24.7 Å². The highest BCUT2D eigenvalue weighted by atomic mass is 19.1. The summed E-state index contributed by atoms with van der Waals surface area (Å²) in [7, 11) is 0. The molecule has 4 heterocycles. The molecular formula is C26H29FN4O3. The highest BCUT2D eigenvalue weighted by Gasteiger charge is 2.26. The second-order valence-electron chi connectivity index (χ2n) is 9.45. The number of aliphatic hydroxyl groups excluding tert-OH is 1. The second-order valence-corrected chi connectivity index (χ2v) is 9.45. The van der Waals surface area contributed by atoms with Crippen LogP contribution in [0, 0.1) is 5.82 Å². The molecule has 0 aliphatic carbocycles. The average molecular weight is 465 g/mol. The molecule has 8 heteroatoms. The summed E-state index contributed by atoms with van der Waals surface area (Å²) in [4.78, 5) is 21.4. The smallest absolute Gasteiger partial charge is 0.227 e. The molecule has 3 N–H and O–H groups in total. The zero-order valence-electron chi connectivity index (χ0n) is 19.3. The summed E-state index contributed by atoms with van der Waals surface area (Å²) in [5, 5.41) is 19.3. The number of hydrogen-bond donors (Lipinski definition) is 3.